The lowest BCUT2D eigenvalue weighted by Crippen LogP contribution is -2.09. The van der Waals surface area contributed by atoms with Gasteiger partial charge < -0.3 is 24.3 Å². The summed E-state index contributed by atoms with van der Waals surface area (Å²) in [6.45, 7) is 10.6. The first-order valence-corrected chi connectivity index (χ1v) is 18.7. The van der Waals surface area contributed by atoms with Gasteiger partial charge in [0.1, 0.15) is 23.7 Å². The highest BCUT2D eigenvalue weighted by Gasteiger charge is 2.16. The van der Waals surface area contributed by atoms with Crippen molar-refractivity contribution in [3.05, 3.63) is 131 Å². The summed E-state index contributed by atoms with van der Waals surface area (Å²) in [5.41, 5.74) is 7.85. The van der Waals surface area contributed by atoms with Gasteiger partial charge in [0.05, 0.1) is 26.4 Å². The lowest BCUT2D eigenvalue weighted by Gasteiger charge is -2.21. The first-order chi connectivity index (χ1) is 24.8. The lowest BCUT2D eigenvalue weighted by atomic mass is 9.92. The van der Waals surface area contributed by atoms with Gasteiger partial charge in [0.2, 0.25) is 0 Å². The number of rotatable bonds is 21. The molecule has 0 aliphatic heterocycles. The van der Waals surface area contributed by atoms with Crippen molar-refractivity contribution >= 4 is 23.5 Å². The van der Waals surface area contributed by atoms with Crippen molar-refractivity contribution in [1.29, 1.82) is 0 Å². The average Bonchev–Trinajstić information content (AvgIpc) is 3.14. The van der Waals surface area contributed by atoms with Gasteiger partial charge in [-0.15, -0.1) is 0 Å². The Labute approximate surface area is 307 Å². The van der Waals surface area contributed by atoms with Gasteiger partial charge in [0.25, 0.3) is 0 Å². The third kappa shape index (κ3) is 12.7. The molecule has 4 rings (SSSR count). The molecular formula is C46H59NO4. The van der Waals surface area contributed by atoms with Gasteiger partial charge in [-0.25, -0.2) is 0 Å². The molecule has 0 amide bonds. The van der Waals surface area contributed by atoms with Crippen LogP contribution in [0.15, 0.2) is 103 Å². The number of benzene rings is 4. The zero-order valence-corrected chi connectivity index (χ0v) is 31.9. The maximum Gasteiger partial charge on any atom is 0.118 e. The van der Waals surface area contributed by atoms with Gasteiger partial charge in [0, 0.05) is 16.9 Å². The summed E-state index contributed by atoms with van der Waals surface area (Å²) in [5.74, 6) is 1.65. The van der Waals surface area contributed by atoms with Crippen LogP contribution in [0.3, 0.4) is 0 Å². The Balaban J connectivity index is 1.83. The van der Waals surface area contributed by atoms with Gasteiger partial charge in [-0.3, -0.25) is 0 Å². The zero-order chi connectivity index (χ0) is 36.4. The quantitative estimate of drug-likeness (QED) is 0.0883. The minimum atomic E-state index is -0.240. The van der Waals surface area contributed by atoms with E-state index in [1.165, 1.54) is 43.2 Å². The summed E-state index contributed by atoms with van der Waals surface area (Å²) in [4.78, 5) is 0. The third-order valence-electron chi connectivity index (χ3n) is 8.83. The molecule has 1 N–H and O–H groups in total. The second-order valence-electron chi connectivity index (χ2n) is 13.6. The Hall–Kier alpha value is -4.32. The Bertz CT molecular complexity index is 1620. The zero-order valence-electron chi connectivity index (χ0n) is 31.9. The summed E-state index contributed by atoms with van der Waals surface area (Å²) in [6, 6.07) is 31.2. The number of ether oxygens (including phenoxy) is 4. The Kier molecular flexibility index (Phi) is 16.4. The summed E-state index contributed by atoms with van der Waals surface area (Å²) >= 11 is 0. The van der Waals surface area contributed by atoms with Crippen LogP contribution >= 0.6 is 0 Å². The topological polar surface area (TPSA) is 49.0 Å². The van der Waals surface area contributed by atoms with Crippen molar-refractivity contribution in [2.75, 3.05) is 19.5 Å². The van der Waals surface area contributed by atoms with E-state index >= 15 is 0 Å². The number of unbranched alkanes of at least 4 members (excludes halogenated alkanes) is 5. The fourth-order valence-electron chi connectivity index (χ4n) is 6.17. The summed E-state index contributed by atoms with van der Waals surface area (Å²) in [5, 5.41) is 3.73. The molecule has 4 aromatic rings. The normalized spacial score (nSPS) is 13.0. The fourth-order valence-corrected chi connectivity index (χ4v) is 6.17. The number of nitrogens with one attached hydrogen (secondary N) is 1. The van der Waals surface area contributed by atoms with E-state index in [1.807, 2.05) is 30.3 Å². The molecule has 0 spiro atoms. The molecule has 0 radical (unpaired) electrons. The molecule has 272 valence electrons. The molecule has 2 unspecified atom stereocenters. The van der Waals surface area contributed by atoms with Gasteiger partial charge in [-0.2, -0.15) is 0 Å². The molecule has 0 fully saturated rings. The Morgan fingerprint density at radius 2 is 1.08 bits per heavy atom. The van der Waals surface area contributed by atoms with Crippen molar-refractivity contribution in [2.45, 2.75) is 104 Å². The molecule has 4 aromatic carbocycles. The van der Waals surface area contributed by atoms with Crippen molar-refractivity contribution in [2.24, 2.45) is 0 Å². The van der Waals surface area contributed by atoms with Crippen molar-refractivity contribution in [1.82, 2.24) is 0 Å². The predicted octanol–water partition coefficient (Wildman–Crippen LogP) is 12.7. The van der Waals surface area contributed by atoms with Crippen LogP contribution in [0, 0.1) is 0 Å². The number of hydrogen-bond donors (Lipinski definition) is 1. The van der Waals surface area contributed by atoms with Crippen LogP contribution in [0.2, 0.25) is 0 Å². The van der Waals surface area contributed by atoms with Crippen LogP contribution in [0.1, 0.15) is 113 Å². The number of anilines is 2. The highest BCUT2D eigenvalue weighted by atomic mass is 16.5. The first kappa shape index (κ1) is 39.5. The van der Waals surface area contributed by atoms with E-state index in [9.17, 15) is 0 Å². The van der Waals surface area contributed by atoms with Crippen molar-refractivity contribution < 1.29 is 18.9 Å². The minimum absolute atomic E-state index is 0.0421. The standard InChI is InChI=1S/C46H59NO4/c1-8-9-10-11-12-14-17-36-24-31-44(47-39-18-15-13-16-19-39)43(30-33-46(51-35(4)5)38-22-27-41(49-7)28-23-38)42(36)29-32-45(50-34(2)3)37-20-25-40(48-6)26-21-37/h13,15-16,18-35,45-47H,8-12,14,17H2,1-7H3/b32-29+,33-30+. The SMILES string of the molecule is CCCCCCCCc1ccc(Nc2ccccc2)c(/C=C/C(OC(C)C)c2ccc(OC)cc2)c1/C=C/C(OC(C)C)c1ccc(OC)cc1. The second-order valence-corrected chi connectivity index (χ2v) is 13.6. The van der Waals surface area contributed by atoms with E-state index in [0.29, 0.717) is 0 Å². The van der Waals surface area contributed by atoms with E-state index in [1.54, 1.807) is 14.2 Å². The van der Waals surface area contributed by atoms with E-state index in [0.717, 1.165) is 52.4 Å². The van der Waals surface area contributed by atoms with E-state index in [4.69, 9.17) is 18.9 Å². The summed E-state index contributed by atoms with van der Waals surface area (Å²) in [7, 11) is 3.39. The molecule has 0 heterocycles. The Morgan fingerprint density at radius 3 is 1.59 bits per heavy atom. The fraction of sp³-hybridized carbons (Fsp3) is 0.391. The molecule has 0 saturated heterocycles. The molecule has 0 aromatic heterocycles. The van der Waals surface area contributed by atoms with Crippen LogP contribution in [0.25, 0.3) is 12.2 Å². The number of hydrogen-bond acceptors (Lipinski definition) is 5. The van der Waals surface area contributed by atoms with Crippen LogP contribution in [-0.2, 0) is 15.9 Å². The maximum atomic E-state index is 6.50. The molecular weight excluding hydrogens is 631 g/mol. The smallest absolute Gasteiger partial charge is 0.118 e. The van der Waals surface area contributed by atoms with Gasteiger partial charge in [0.15, 0.2) is 0 Å². The largest absolute Gasteiger partial charge is 0.497 e. The molecule has 0 saturated carbocycles. The predicted molar refractivity (Wildman–Crippen MR) is 215 cm³/mol. The second kappa shape index (κ2) is 21.1. The maximum absolute atomic E-state index is 6.50. The van der Waals surface area contributed by atoms with Crippen LogP contribution < -0.4 is 14.8 Å². The van der Waals surface area contributed by atoms with Gasteiger partial charge in [-0.05, 0) is 105 Å². The van der Waals surface area contributed by atoms with E-state index < -0.39 is 0 Å². The molecule has 2 atom stereocenters. The lowest BCUT2D eigenvalue weighted by molar-refractivity contribution is 0.0350. The molecule has 0 bridgehead atoms. The van der Waals surface area contributed by atoms with Crippen molar-refractivity contribution in [3.8, 4) is 11.5 Å². The monoisotopic (exact) mass is 689 g/mol. The molecule has 0 aliphatic carbocycles. The average molecular weight is 690 g/mol. The first-order valence-electron chi connectivity index (χ1n) is 18.7. The summed E-state index contributed by atoms with van der Waals surface area (Å²) in [6.07, 6.45) is 17.0. The highest BCUT2D eigenvalue weighted by molar-refractivity contribution is 5.81. The number of methoxy groups -OCH3 is 2. The summed E-state index contributed by atoms with van der Waals surface area (Å²) < 4.78 is 23.9. The van der Waals surface area contributed by atoms with Crippen molar-refractivity contribution in [3.63, 3.8) is 0 Å². The van der Waals surface area contributed by atoms with Crippen LogP contribution in [0.4, 0.5) is 11.4 Å². The minimum Gasteiger partial charge on any atom is -0.497 e. The van der Waals surface area contributed by atoms with Crippen LogP contribution in [-0.4, -0.2) is 26.4 Å². The van der Waals surface area contributed by atoms with Crippen LogP contribution in [0.5, 0.6) is 11.5 Å². The molecule has 5 heteroatoms. The van der Waals surface area contributed by atoms with E-state index in [2.05, 4.69) is 125 Å². The van der Waals surface area contributed by atoms with E-state index in [-0.39, 0.29) is 24.4 Å². The highest BCUT2D eigenvalue weighted by Crippen LogP contribution is 2.34. The third-order valence-corrected chi connectivity index (χ3v) is 8.83. The van der Waals surface area contributed by atoms with Gasteiger partial charge >= 0.3 is 0 Å². The molecule has 0 aliphatic rings. The van der Waals surface area contributed by atoms with Gasteiger partial charge in [-0.1, -0.05) is 112 Å². The molecule has 5 nitrogen and oxygen atoms in total. The Morgan fingerprint density at radius 1 is 0.569 bits per heavy atom. The number of aryl methyl sites for hydroxylation is 1. The molecule has 51 heavy (non-hydrogen) atoms. The number of para-hydroxylation sites is 1.